The maximum atomic E-state index is 12.0. The van der Waals surface area contributed by atoms with Crippen molar-refractivity contribution in [3.8, 4) is 0 Å². The normalized spacial score (nSPS) is 19.6. The molecule has 0 aliphatic carbocycles. The zero-order chi connectivity index (χ0) is 14.4. The van der Waals surface area contributed by atoms with Gasteiger partial charge in [0, 0.05) is 18.1 Å². The van der Waals surface area contributed by atoms with E-state index in [1.165, 1.54) is 6.08 Å². The maximum Gasteiger partial charge on any atom is 0.309 e. The van der Waals surface area contributed by atoms with Crippen molar-refractivity contribution >= 4 is 11.8 Å². The Bertz CT molecular complexity index is 504. The number of esters is 1. The van der Waals surface area contributed by atoms with Gasteiger partial charge in [0.15, 0.2) is 5.78 Å². The number of carbonyl (C=O) groups is 2. The van der Waals surface area contributed by atoms with Crippen molar-refractivity contribution in [2.45, 2.75) is 32.3 Å². The molecule has 1 aliphatic heterocycles. The van der Waals surface area contributed by atoms with Crippen LogP contribution in [-0.4, -0.2) is 24.5 Å². The Morgan fingerprint density at radius 1 is 1.35 bits per heavy atom. The van der Waals surface area contributed by atoms with Crippen LogP contribution in [0.1, 0.15) is 36.5 Å². The summed E-state index contributed by atoms with van der Waals surface area (Å²) in [7, 11) is 0. The summed E-state index contributed by atoms with van der Waals surface area (Å²) < 4.78 is 10.5. The predicted molar refractivity (Wildman–Crippen MR) is 74.2 cm³/mol. The molecule has 0 spiro atoms. The summed E-state index contributed by atoms with van der Waals surface area (Å²) in [6.07, 6.45) is 3.00. The Labute approximate surface area is 118 Å². The fourth-order valence-corrected chi connectivity index (χ4v) is 2.12. The number of ether oxygens (including phenoxy) is 2. The molecule has 1 saturated heterocycles. The molecule has 0 aromatic heterocycles. The predicted octanol–water partition coefficient (Wildman–Crippen LogP) is 2.89. The summed E-state index contributed by atoms with van der Waals surface area (Å²) in [5.74, 6) is 0.318. The highest BCUT2D eigenvalue weighted by Gasteiger charge is 2.24. The monoisotopic (exact) mass is 274 g/mol. The minimum atomic E-state index is -0.256. The van der Waals surface area contributed by atoms with Gasteiger partial charge in [0.25, 0.3) is 0 Å². The molecule has 1 aromatic rings. The summed E-state index contributed by atoms with van der Waals surface area (Å²) in [5.41, 5.74) is 0.637. The van der Waals surface area contributed by atoms with Gasteiger partial charge >= 0.3 is 5.97 Å². The van der Waals surface area contributed by atoms with Crippen LogP contribution in [0.3, 0.4) is 0 Å². The number of carbonyl (C=O) groups excluding carboxylic acids is 2. The van der Waals surface area contributed by atoms with E-state index in [2.05, 4.69) is 0 Å². The van der Waals surface area contributed by atoms with Crippen LogP contribution in [-0.2, 0) is 14.3 Å². The minimum Gasteiger partial charge on any atom is -0.494 e. The topological polar surface area (TPSA) is 52.6 Å². The first-order chi connectivity index (χ1) is 9.69. The van der Waals surface area contributed by atoms with Crippen LogP contribution in [0.4, 0.5) is 0 Å². The van der Waals surface area contributed by atoms with E-state index in [0.717, 1.165) is 6.42 Å². The van der Waals surface area contributed by atoms with Gasteiger partial charge in [-0.1, -0.05) is 30.3 Å². The van der Waals surface area contributed by atoms with Gasteiger partial charge in [-0.2, -0.15) is 0 Å². The second-order valence-corrected chi connectivity index (χ2v) is 4.63. The zero-order valence-corrected chi connectivity index (χ0v) is 11.5. The van der Waals surface area contributed by atoms with E-state index >= 15 is 0 Å². The van der Waals surface area contributed by atoms with Crippen LogP contribution in [0.2, 0.25) is 0 Å². The lowest BCUT2D eigenvalue weighted by molar-refractivity contribution is -0.145. The summed E-state index contributed by atoms with van der Waals surface area (Å²) in [4.78, 5) is 23.3. The Morgan fingerprint density at radius 3 is 2.80 bits per heavy atom. The minimum absolute atomic E-state index is 0.0719. The molecule has 4 nitrogen and oxygen atoms in total. The lowest BCUT2D eigenvalue weighted by Crippen LogP contribution is -2.14. The molecular formula is C16H18O4. The third-order valence-corrected chi connectivity index (χ3v) is 3.08. The molecule has 0 amide bonds. The molecule has 1 heterocycles. The number of allylic oxidation sites excluding steroid dienone is 2. The second kappa shape index (κ2) is 6.89. The number of benzene rings is 1. The van der Waals surface area contributed by atoms with E-state index in [1.54, 1.807) is 19.1 Å². The largest absolute Gasteiger partial charge is 0.494 e. The molecule has 0 saturated carbocycles. The van der Waals surface area contributed by atoms with Crippen LogP contribution in [0.5, 0.6) is 0 Å². The van der Waals surface area contributed by atoms with E-state index in [0.29, 0.717) is 24.4 Å². The van der Waals surface area contributed by atoms with Crippen molar-refractivity contribution in [1.29, 1.82) is 0 Å². The van der Waals surface area contributed by atoms with Gasteiger partial charge in [-0.3, -0.25) is 9.59 Å². The highest BCUT2D eigenvalue weighted by Crippen LogP contribution is 2.25. The molecule has 2 rings (SSSR count). The maximum absolute atomic E-state index is 12.0. The first-order valence-electron chi connectivity index (χ1n) is 6.81. The average molecular weight is 274 g/mol. The fraction of sp³-hybridized carbons (Fsp3) is 0.375. The molecule has 0 N–H and O–H groups in total. The standard InChI is InChI=1S/C16H18O4/c1-2-19-16(18)11-14-9-8-13(20-14)10-15(17)12-6-4-3-5-7-12/h3-7,10,14H,2,8-9,11H2,1H3/b13-10+/t14-/m1/s1. The Kier molecular flexibility index (Phi) is 4.93. The van der Waals surface area contributed by atoms with Crippen LogP contribution >= 0.6 is 0 Å². The van der Waals surface area contributed by atoms with E-state index in [4.69, 9.17) is 9.47 Å². The van der Waals surface area contributed by atoms with Crippen molar-refractivity contribution in [2.24, 2.45) is 0 Å². The molecule has 4 heteroatoms. The van der Waals surface area contributed by atoms with Crippen LogP contribution < -0.4 is 0 Å². The molecule has 1 aromatic carbocycles. The Hall–Kier alpha value is -2.10. The highest BCUT2D eigenvalue weighted by molar-refractivity contribution is 6.04. The van der Waals surface area contributed by atoms with E-state index in [1.807, 2.05) is 18.2 Å². The zero-order valence-electron chi connectivity index (χ0n) is 11.5. The first kappa shape index (κ1) is 14.3. The summed E-state index contributed by atoms with van der Waals surface area (Å²) in [6, 6.07) is 9.05. The number of ketones is 1. The van der Waals surface area contributed by atoms with Gasteiger partial charge < -0.3 is 9.47 Å². The van der Waals surface area contributed by atoms with Gasteiger partial charge in [0.2, 0.25) is 0 Å². The molecule has 106 valence electrons. The van der Waals surface area contributed by atoms with Crippen molar-refractivity contribution < 1.29 is 19.1 Å². The number of hydrogen-bond acceptors (Lipinski definition) is 4. The smallest absolute Gasteiger partial charge is 0.309 e. The summed E-state index contributed by atoms with van der Waals surface area (Å²) in [5, 5.41) is 0. The van der Waals surface area contributed by atoms with Gasteiger partial charge in [0.1, 0.15) is 11.9 Å². The van der Waals surface area contributed by atoms with Crippen LogP contribution in [0.25, 0.3) is 0 Å². The van der Waals surface area contributed by atoms with E-state index < -0.39 is 0 Å². The van der Waals surface area contributed by atoms with Gasteiger partial charge in [-0.25, -0.2) is 0 Å². The molecule has 0 bridgehead atoms. The SMILES string of the molecule is CCOC(=O)C[C@H]1CC/C(=C\C(=O)c2ccccc2)O1. The van der Waals surface area contributed by atoms with Gasteiger partial charge in [0.05, 0.1) is 13.0 Å². The quantitative estimate of drug-likeness (QED) is 0.470. The molecule has 0 radical (unpaired) electrons. The van der Waals surface area contributed by atoms with E-state index in [-0.39, 0.29) is 24.3 Å². The average Bonchev–Trinajstić information content (AvgIpc) is 2.87. The van der Waals surface area contributed by atoms with Crippen molar-refractivity contribution in [1.82, 2.24) is 0 Å². The summed E-state index contributed by atoms with van der Waals surface area (Å²) >= 11 is 0. The second-order valence-electron chi connectivity index (χ2n) is 4.63. The molecule has 1 fully saturated rings. The van der Waals surface area contributed by atoms with Gasteiger partial charge in [-0.05, 0) is 13.3 Å². The Balaban J connectivity index is 1.90. The summed E-state index contributed by atoms with van der Waals surface area (Å²) in [6.45, 7) is 2.15. The van der Waals surface area contributed by atoms with Crippen molar-refractivity contribution in [3.63, 3.8) is 0 Å². The van der Waals surface area contributed by atoms with Crippen molar-refractivity contribution in [3.05, 3.63) is 47.7 Å². The molecule has 0 unspecified atom stereocenters. The number of rotatable bonds is 5. The van der Waals surface area contributed by atoms with Gasteiger partial charge in [-0.15, -0.1) is 0 Å². The van der Waals surface area contributed by atoms with E-state index in [9.17, 15) is 9.59 Å². The lowest BCUT2D eigenvalue weighted by atomic mass is 10.1. The third kappa shape index (κ3) is 3.95. The first-order valence-corrected chi connectivity index (χ1v) is 6.81. The van der Waals surface area contributed by atoms with Crippen molar-refractivity contribution in [2.75, 3.05) is 6.61 Å². The molecule has 20 heavy (non-hydrogen) atoms. The molecule has 1 aliphatic rings. The van der Waals surface area contributed by atoms with Crippen LogP contribution in [0, 0.1) is 0 Å². The number of hydrogen-bond donors (Lipinski definition) is 0. The highest BCUT2D eigenvalue weighted by atomic mass is 16.5. The third-order valence-electron chi connectivity index (χ3n) is 3.08. The molecule has 1 atom stereocenters. The van der Waals surface area contributed by atoms with Crippen LogP contribution in [0.15, 0.2) is 42.2 Å². The Morgan fingerprint density at radius 2 is 2.10 bits per heavy atom. The lowest BCUT2D eigenvalue weighted by Gasteiger charge is -2.09. The fourth-order valence-electron chi connectivity index (χ4n) is 2.12. The molecular weight excluding hydrogens is 256 g/mol.